The summed E-state index contributed by atoms with van der Waals surface area (Å²) in [6.45, 7) is 3.80. The lowest BCUT2D eigenvalue weighted by atomic mass is 10.1. The summed E-state index contributed by atoms with van der Waals surface area (Å²) in [5.74, 6) is -0.527. The first-order valence-electron chi connectivity index (χ1n) is 10.6. The Morgan fingerprint density at radius 1 is 1.26 bits per heavy atom. The molecule has 0 radical (unpaired) electrons. The fraction of sp³-hybridized carbons (Fsp3) is 0.250. The van der Waals surface area contributed by atoms with Gasteiger partial charge >= 0.3 is 0 Å². The van der Waals surface area contributed by atoms with E-state index < -0.39 is 27.3 Å². The van der Waals surface area contributed by atoms with E-state index in [-0.39, 0.29) is 34.9 Å². The number of nitrogens with one attached hydrogen (secondary N) is 1. The summed E-state index contributed by atoms with van der Waals surface area (Å²) in [5, 5.41) is 12.2. The van der Waals surface area contributed by atoms with Crippen molar-refractivity contribution in [3.05, 3.63) is 75.2 Å². The molecule has 1 saturated heterocycles. The number of nitriles is 1. The van der Waals surface area contributed by atoms with Crippen LogP contribution in [0.4, 0.5) is 0 Å². The molecule has 9 nitrogen and oxygen atoms in total. The summed E-state index contributed by atoms with van der Waals surface area (Å²) in [6, 6.07) is 11.7. The maximum Gasteiger partial charge on any atom is 0.269 e. The van der Waals surface area contributed by atoms with E-state index >= 15 is 0 Å². The van der Waals surface area contributed by atoms with Gasteiger partial charge in [0.25, 0.3) is 11.5 Å². The molecule has 1 aliphatic rings. The largest absolute Gasteiger partial charge is 0.438 e. The van der Waals surface area contributed by atoms with Crippen molar-refractivity contribution in [1.29, 1.82) is 5.26 Å². The van der Waals surface area contributed by atoms with E-state index in [0.717, 1.165) is 17.2 Å². The van der Waals surface area contributed by atoms with Gasteiger partial charge in [0.05, 0.1) is 11.5 Å². The Balaban J connectivity index is 1.78. The van der Waals surface area contributed by atoms with Gasteiger partial charge in [0, 0.05) is 12.2 Å². The van der Waals surface area contributed by atoms with Gasteiger partial charge in [-0.3, -0.25) is 14.0 Å². The molecule has 174 valence electrons. The first-order valence-corrected chi connectivity index (χ1v) is 12.4. The molecular formula is C24H22N4O5S. The summed E-state index contributed by atoms with van der Waals surface area (Å²) in [6.07, 6.45) is 2.93. The van der Waals surface area contributed by atoms with Crippen LogP contribution in [0.3, 0.4) is 0 Å². The van der Waals surface area contributed by atoms with Gasteiger partial charge in [0.2, 0.25) is 5.88 Å². The third-order valence-electron chi connectivity index (χ3n) is 5.72. The molecule has 3 heterocycles. The number of hydrogen-bond acceptors (Lipinski definition) is 7. The lowest BCUT2D eigenvalue weighted by molar-refractivity contribution is -0.117. The van der Waals surface area contributed by atoms with Gasteiger partial charge in [0.15, 0.2) is 9.84 Å². The van der Waals surface area contributed by atoms with Crippen LogP contribution in [0.5, 0.6) is 11.6 Å². The maximum atomic E-state index is 13.3. The molecule has 1 amide bonds. The number of amides is 1. The van der Waals surface area contributed by atoms with Gasteiger partial charge in [-0.1, -0.05) is 18.2 Å². The molecule has 1 atom stereocenters. The van der Waals surface area contributed by atoms with Crippen molar-refractivity contribution in [3.8, 4) is 17.7 Å². The standard InChI is InChI=1S/C24H22N4O5S/c1-15-6-5-7-20(16(15)2)33-23-19(24(30)28-10-4-3-8-21(28)27-23)12-17(13-25)22(29)26-18-9-11-34(31,32)14-18/h3-8,10,12,18H,9,11,14H2,1-2H3,(H,26,29)/b17-12+/t18-/m1/s1. The second kappa shape index (κ2) is 9.11. The van der Waals surface area contributed by atoms with E-state index in [9.17, 15) is 23.3 Å². The number of carbonyl (C=O) groups is 1. The molecule has 3 aromatic rings. The number of rotatable bonds is 5. The molecule has 1 fully saturated rings. The van der Waals surface area contributed by atoms with Crippen LogP contribution in [0.15, 0.2) is 53.0 Å². The fourth-order valence-corrected chi connectivity index (χ4v) is 5.36. The Labute approximate surface area is 196 Å². The molecule has 10 heteroatoms. The van der Waals surface area contributed by atoms with Crippen LogP contribution in [0.1, 0.15) is 23.1 Å². The van der Waals surface area contributed by atoms with Gasteiger partial charge in [-0.2, -0.15) is 10.2 Å². The Kier molecular flexibility index (Phi) is 6.22. The van der Waals surface area contributed by atoms with Crippen LogP contribution >= 0.6 is 0 Å². The van der Waals surface area contributed by atoms with Crippen LogP contribution in [0.25, 0.3) is 11.7 Å². The third-order valence-corrected chi connectivity index (χ3v) is 7.48. The van der Waals surface area contributed by atoms with E-state index in [1.165, 1.54) is 10.6 Å². The number of aromatic nitrogens is 2. The monoisotopic (exact) mass is 478 g/mol. The first-order chi connectivity index (χ1) is 16.2. The van der Waals surface area contributed by atoms with Gasteiger partial charge in [-0.25, -0.2) is 8.42 Å². The summed E-state index contributed by atoms with van der Waals surface area (Å²) in [4.78, 5) is 30.4. The van der Waals surface area contributed by atoms with Crippen LogP contribution in [-0.4, -0.2) is 41.3 Å². The average Bonchev–Trinajstić information content (AvgIpc) is 3.14. The van der Waals surface area contributed by atoms with Crippen molar-refractivity contribution in [2.45, 2.75) is 26.3 Å². The first kappa shape index (κ1) is 23.2. The maximum absolute atomic E-state index is 13.3. The smallest absolute Gasteiger partial charge is 0.269 e. The predicted molar refractivity (Wildman–Crippen MR) is 126 cm³/mol. The molecule has 1 N–H and O–H groups in total. The molecule has 0 unspecified atom stereocenters. The number of aryl methyl sites for hydroxylation is 1. The van der Waals surface area contributed by atoms with Crippen LogP contribution in [0.2, 0.25) is 0 Å². The van der Waals surface area contributed by atoms with E-state index in [1.54, 1.807) is 30.3 Å². The molecule has 34 heavy (non-hydrogen) atoms. The molecule has 0 saturated carbocycles. The van der Waals surface area contributed by atoms with Crippen LogP contribution in [0, 0.1) is 25.2 Å². The molecular weight excluding hydrogens is 456 g/mol. The predicted octanol–water partition coefficient (Wildman–Crippen LogP) is 2.31. The number of nitrogens with zero attached hydrogens (tertiary/aromatic N) is 3. The number of benzene rings is 1. The Morgan fingerprint density at radius 2 is 2.06 bits per heavy atom. The van der Waals surface area contributed by atoms with Crippen LogP contribution < -0.4 is 15.6 Å². The lowest BCUT2D eigenvalue weighted by Crippen LogP contribution is -2.36. The zero-order chi connectivity index (χ0) is 24.5. The normalized spacial score (nSPS) is 17.3. The number of carbonyl (C=O) groups excluding carboxylic acids is 1. The molecule has 4 rings (SSSR count). The van der Waals surface area contributed by atoms with E-state index in [2.05, 4.69) is 10.3 Å². The van der Waals surface area contributed by atoms with E-state index in [1.807, 2.05) is 26.0 Å². The quantitative estimate of drug-likeness (QED) is 0.440. The fourth-order valence-electron chi connectivity index (χ4n) is 3.69. The van der Waals surface area contributed by atoms with Gasteiger partial charge in [0.1, 0.15) is 28.6 Å². The number of hydrogen-bond donors (Lipinski definition) is 1. The Morgan fingerprint density at radius 3 is 2.76 bits per heavy atom. The highest BCUT2D eigenvalue weighted by molar-refractivity contribution is 7.91. The number of ether oxygens (including phenoxy) is 1. The number of sulfone groups is 1. The van der Waals surface area contributed by atoms with Crippen molar-refractivity contribution in [2.24, 2.45) is 0 Å². The SMILES string of the molecule is Cc1cccc(Oc2nc3ccccn3c(=O)c2/C=C(\C#N)C(=O)N[C@@H]2CCS(=O)(=O)C2)c1C. The van der Waals surface area contributed by atoms with Crippen molar-refractivity contribution in [1.82, 2.24) is 14.7 Å². The zero-order valence-electron chi connectivity index (χ0n) is 18.6. The second-order valence-electron chi connectivity index (χ2n) is 8.11. The topological polar surface area (TPSA) is 131 Å². The summed E-state index contributed by atoms with van der Waals surface area (Å²) in [7, 11) is -3.21. The minimum atomic E-state index is -3.21. The van der Waals surface area contributed by atoms with Gasteiger partial charge in [-0.05, 0) is 55.7 Å². The Hall–Kier alpha value is -3.97. The van der Waals surface area contributed by atoms with E-state index in [0.29, 0.717) is 11.4 Å². The lowest BCUT2D eigenvalue weighted by Gasteiger charge is -2.13. The molecule has 1 aromatic carbocycles. The van der Waals surface area contributed by atoms with Crippen molar-refractivity contribution >= 4 is 27.5 Å². The summed E-state index contributed by atoms with van der Waals surface area (Å²) in [5.41, 5.74) is 1.23. The minimum Gasteiger partial charge on any atom is -0.438 e. The minimum absolute atomic E-state index is 0.0205. The average molecular weight is 479 g/mol. The molecule has 1 aliphatic heterocycles. The van der Waals surface area contributed by atoms with Gasteiger partial charge in [-0.15, -0.1) is 0 Å². The molecule has 0 aliphatic carbocycles. The summed E-state index contributed by atoms with van der Waals surface area (Å²) >= 11 is 0. The summed E-state index contributed by atoms with van der Waals surface area (Å²) < 4.78 is 30.7. The highest BCUT2D eigenvalue weighted by atomic mass is 32.2. The Bertz CT molecular complexity index is 1530. The van der Waals surface area contributed by atoms with Crippen molar-refractivity contribution in [2.75, 3.05) is 11.5 Å². The number of fused-ring (bicyclic) bond motifs is 1. The number of pyridine rings is 1. The molecule has 0 bridgehead atoms. The molecule has 0 spiro atoms. The zero-order valence-corrected chi connectivity index (χ0v) is 19.4. The van der Waals surface area contributed by atoms with Crippen molar-refractivity contribution in [3.63, 3.8) is 0 Å². The second-order valence-corrected chi connectivity index (χ2v) is 10.3. The van der Waals surface area contributed by atoms with Crippen molar-refractivity contribution < 1.29 is 17.9 Å². The third kappa shape index (κ3) is 4.70. The highest BCUT2D eigenvalue weighted by Crippen LogP contribution is 2.28. The van der Waals surface area contributed by atoms with E-state index in [4.69, 9.17) is 4.74 Å². The molecule has 2 aromatic heterocycles. The highest BCUT2D eigenvalue weighted by Gasteiger charge is 2.30. The van der Waals surface area contributed by atoms with Gasteiger partial charge < -0.3 is 10.1 Å². The van der Waals surface area contributed by atoms with Crippen LogP contribution in [-0.2, 0) is 14.6 Å².